The highest BCUT2D eigenvalue weighted by Crippen LogP contribution is 2.32. The van der Waals surface area contributed by atoms with E-state index < -0.39 is 0 Å². The monoisotopic (exact) mass is 399 g/mol. The molecule has 2 aromatic carbocycles. The Labute approximate surface area is 152 Å². The van der Waals surface area contributed by atoms with Gasteiger partial charge in [-0.2, -0.15) is 5.10 Å². The van der Waals surface area contributed by atoms with Crippen LogP contribution in [0.3, 0.4) is 0 Å². The Kier molecular flexibility index (Phi) is 4.15. The van der Waals surface area contributed by atoms with Gasteiger partial charge in [0.2, 0.25) is 6.79 Å². The summed E-state index contributed by atoms with van der Waals surface area (Å²) in [4.78, 5) is 12.4. The SMILES string of the molecule is O=C(Nc1cnn(Cc2ccc(Br)cc2)c1)c1ccc2c(c1)OCO2. The second kappa shape index (κ2) is 6.60. The summed E-state index contributed by atoms with van der Waals surface area (Å²) in [5, 5.41) is 7.12. The normalized spacial score (nSPS) is 12.2. The number of nitrogens with zero attached hydrogens (tertiary/aromatic N) is 2. The number of nitrogens with one attached hydrogen (secondary N) is 1. The number of fused-ring (bicyclic) bond motifs is 1. The van der Waals surface area contributed by atoms with Crippen molar-refractivity contribution in [2.45, 2.75) is 6.54 Å². The molecule has 0 atom stereocenters. The van der Waals surface area contributed by atoms with Gasteiger partial charge in [-0.15, -0.1) is 0 Å². The van der Waals surface area contributed by atoms with E-state index in [1.807, 2.05) is 24.3 Å². The van der Waals surface area contributed by atoms with Crippen molar-refractivity contribution in [3.05, 3.63) is 70.5 Å². The number of carbonyl (C=O) groups excluding carboxylic acids is 1. The molecule has 1 aliphatic rings. The van der Waals surface area contributed by atoms with E-state index in [0.29, 0.717) is 29.3 Å². The number of halogens is 1. The van der Waals surface area contributed by atoms with E-state index in [1.165, 1.54) is 0 Å². The summed E-state index contributed by atoms with van der Waals surface area (Å²) >= 11 is 3.42. The van der Waals surface area contributed by atoms with E-state index in [1.54, 1.807) is 35.3 Å². The minimum absolute atomic E-state index is 0.184. The fraction of sp³-hybridized carbons (Fsp3) is 0.111. The summed E-state index contributed by atoms with van der Waals surface area (Å²) in [6.45, 7) is 0.816. The largest absolute Gasteiger partial charge is 0.454 e. The maximum absolute atomic E-state index is 12.4. The van der Waals surface area contributed by atoms with Crippen LogP contribution < -0.4 is 14.8 Å². The Bertz CT molecular complexity index is 922. The van der Waals surface area contributed by atoms with Crippen molar-refractivity contribution in [3.8, 4) is 11.5 Å². The van der Waals surface area contributed by atoms with Crippen molar-refractivity contribution in [1.82, 2.24) is 9.78 Å². The molecule has 0 fully saturated rings. The number of benzene rings is 2. The van der Waals surface area contributed by atoms with Crippen molar-refractivity contribution in [2.24, 2.45) is 0 Å². The van der Waals surface area contributed by atoms with E-state index in [9.17, 15) is 4.79 Å². The lowest BCUT2D eigenvalue weighted by Gasteiger charge is -2.04. The highest BCUT2D eigenvalue weighted by molar-refractivity contribution is 9.10. The fourth-order valence-electron chi connectivity index (χ4n) is 2.53. The van der Waals surface area contributed by atoms with Crippen LogP contribution in [0.15, 0.2) is 59.3 Å². The van der Waals surface area contributed by atoms with Crippen molar-refractivity contribution < 1.29 is 14.3 Å². The number of rotatable bonds is 4. The molecule has 0 radical (unpaired) electrons. The summed E-state index contributed by atoms with van der Waals surface area (Å²) in [6, 6.07) is 13.1. The van der Waals surface area contributed by atoms with E-state index in [-0.39, 0.29) is 12.7 Å². The number of ether oxygens (including phenoxy) is 2. The van der Waals surface area contributed by atoms with Gasteiger partial charge in [0.1, 0.15) is 0 Å². The second-order valence-electron chi connectivity index (χ2n) is 5.58. The van der Waals surface area contributed by atoms with Crippen LogP contribution in [0.4, 0.5) is 5.69 Å². The standard InChI is InChI=1S/C18H14BrN3O3/c19-14-4-1-12(2-5-14)9-22-10-15(8-20-22)21-18(23)13-3-6-16-17(7-13)25-11-24-16/h1-8,10H,9,11H2,(H,21,23). The third-order valence-corrected chi connectivity index (χ3v) is 4.31. The lowest BCUT2D eigenvalue weighted by molar-refractivity contribution is 0.102. The first-order valence-electron chi connectivity index (χ1n) is 7.65. The second-order valence-corrected chi connectivity index (χ2v) is 6.49. The van der Waals surface area contributed by atoms with Crippen molar-refractivity contribution in [1.29, 1.82) is 0 Å². The zero-order valence-corrected chi connectivity index (χ0v) is 14.7. The molecule has 1 aliphatic heterocycles. The number of carbonyl (C=O) groups is 1. The molecule has 1 aromatic heterocycles. The summed E-state index contributed by atoms with van der Waals surface area (Å²) in [5.41, 5.74) is 2.27. The lowest BCUT2D eigenvalue weighted by Crippen LogP contribution is -2.11. The third-order valence-electron chi connectivity index (χ3n) is 3.78. The van der Waals surface area contributed by atoms with Gasteiger partial charge in [-0.3, -0.25) is 9.48 Å². The molecule has 0 bridgehead atoms. The fourth-order valence-corrected chi connectivity index (χ4v) is 2.80. The van der Waals surface area contributed by atoms with E-state index in [0.717, 1.165) is 10.0 Å². The van der Waals surface area contributed by atoms with Gasteiger partial charge in [-0.1, -0.05) is 28.1 Å². The lowest BCUT2D eigenvalue weighted by atomic mass is 10.2. The molecule has 25 heavy (non-hydrogen) atoms. The minimum atomic E-state index is -0.221. The van der Waals surface area contributed by atoms with Crippen LogP contribution in [-0.4, -0.2) is 22.5 Å². The molecule has 4 rings (SSSR count). The highest BCUT2D eigenvalue weighted by atomic mass is 79.9. The van der Waals surface area contributed by atoms with Crippen LogP contribution in [0.25, 0.3) is 0 Å². The molecule has 1 N–H and O–H groups in total. The maximum atomic E-state index is 12.4. The van der Waals surface area contributed by atoms with E-state index in [2.05, 4.69) is 26.3 Å². The zero-order valence-electron chi connectivity index (χ0n) is 13.1. The molecule has 0 spiro atoms. The van der Waals surface area contributed by atoms with Gasteiger partial charge in [0, 0.05) is 16.2 Å². The van der Waals surface area contributed by atoms with Crippen molar-refractivity contribution in [3.63, 3.8) is 0 Å². The molecule has 1 amide bonds. The van der Waals surface area contributed by atoms with Crippen LogP contribution >= 0.6 is 15.9 Å². The van der Waals surface area contributed by atoms with Crippen LogP contribution in [0.2, 0.25) is 0 Å². The highest BCUT2D eigenvalue weighted by Gasteiger charge is 2.16. The molecule has 0 saturated carbocycles. The molecule has 7 heteroatoms. The number of aromatic nitrogens is 2. The number of hydrogen-bond acceptors (Lipinski definition) is 4. The van der Waals surface area contributed by atoms with Gasteiger partial charge >= 0.3 is 0 Å². The minimum Gasteiger partial charge on any atom is -0.454 e. The van der Waals surface area contributed by atoms with Crippen LogP contribution in [0.5, 0.6) is 11.5 Å². The molecule has 3 aromatic rings. The van der Waals surface area contributed by atoms with Gasteiger partial charge in [0.25, 0.3) is 5.91 Å². The molecular formula is C18H14BrN3O3. The average Bonchev–Trinajstić information content (AvgIpc) is 3.25. The molecule has 2 heterocycles. The number of anilines is 1. The molecule has 0 aliphatic carbocycles. The summed E-state index contributed by atoms with van der Waals surface area (Å²) in [6.07, 6.45) is 3.43. The Morgan fingerprint density at radius 1 is 1.16 bits per heavy atom. The van der Waals surface area contributed by atoms with Crippen LogP contribution in [0.1, 0.15) is 15.9 Å². The average molecular weight is 400 g/mol. The first-order chi connectivity index (χ1) is 12.2. The van der Waals surface area contributed by atoms with Crippen molar-refractivity contribution >= 4 is 27.5 Å². The topological polar surface area (TPSA) is 65.4 Å². The molecule has 0 saturated heterocycles. The number of hydrogen-bond donors (Lipinski definition) is 1. The first-order valence-corrected chi connectivity index (χ1v) is 8.44. The maximum Gasteiger partial charge on any atom is 0.255 e. The smallest absolute Gasteiger partial charge is 0.255 e. The predicted molar refractivity (Wildman–Crippen MR) is 96.0 cm³/mol. The summed E-state index contributed by atoms with van der Waals surface area (Å²) in [7, 11) is 0. The summed E-state index contributed by atoms with van der Waals surface area (Å²) < 4.78 is 13.4. The quantitative estimate of drug-likeness (QED) is 0.726. The van der Waals surface area contributed by atoms with Gasteiger partial charge in [0.05, 0.1) is 18.4 Å². The Hall–Kier alpha value is -2.80. The van der Waals surface area contributed by atoms with Gasteiger partial charge in [-0.05, 0) is 35.9 Å². The van der Waals surface area contributed by atoms with Gasteiger partial charge in [-0.25, -0.2) is 0 Å². The van der Waals surface area contributed by atoms with Crippen molar-refractivity contribution in [2.75, 3.05) is 12.1 Å². The molecule has 126 valence electrons. The van der Waals surface area contributed by atoms with Crippen LogP contribution in [0, 0.1) is 0 Å². The number of amides is 1. The summed E-state index contributed by atoms with van der Waals surface area (Å²) in [5.74, 6) is 1.01. The van der Waals surface area contributed by atoms with Crippen LogP contribution in [-0.2, 0) is 6.54 Å². The van der Waals surface area contributed by atoms with E-state index in [4.69, 9.17) is 9.47 Å². The molecular weight excluding hydrogens is 386 g/mol. The van der Waals surface area contributed by atoms with Gasteiger partial charge < -0.3 is 14.8 Å². The van der Waals surface area contributed by atoms with Gasteiger partial charge in [0.15, 0.2) is 11.5 Å². The Balaban J connectivity index is 1.43. The first kappa shape index (κ1) is 15.7. The molecule has 0 unspecified atom stereocenters. The third kappa shape index (κ3) is 3.51. The predicted octanol–water partition coefficient (Wildman–Crippen LogP) is 3.67. The Morgan fingerprint density at radius 3 is 2.80 bits per heavy atom. The van der Waals surface area contributed by atoms with E-state index >= 15 is 0 Å². The molecule has 6 nitrogen and oxygen atoms in total. The zero-order chi connectivity index (χ0) is 17.2. The Morgan fingerprint density at radius 2 is 1.96 bits per heavy atom.